The fourth-order valence-corrected chi connectivity index (χ4v) is 0.715. The highest BCUT2D eigenvalue weighted by Gasteiger charge is 1.98. The summed E-state index contributed by atoms with van der Waals surface area (Å²) in [6.45, 7) is 3.48. The molecular weight excluding hydrogens is 236 g/mol. The van der Waals surface area contributed by atoms with Crippen LogP contribution >= 0.6 is 0 Å². The van der Waals surface area contributed by atoms with Gasteiger partial charge in [0.05, 0.1) is 12.5 Å². The molecular formula is C13H14O5. The fourth-order valence-electron chi connectivity index (χ4n) is 0.715. The van der Waals surface area contributed by atoms with Gasteiger partial charge in [0, 0.05) is 0 Å². The molecule has 0 N–H and O–H groups in total. The van der Waals surface area contributed by atoms with Crippen molar-refractivity contribution in [3.8, 4) is 0 Å². The van der Waals surface area contributed by atoms with E-state index in [1.165, 1.54) is 36.8 Å². The molecule has 0 unspecified atom stereocenters. The van der Waals surface area contributed by atoms with Crippen LogP contribution < -0.4 is 0 Å². The van der Waals surface area contributed by atoms with Crippen molar-refractivity contribution in [2.24, 2.45) is 0 Å². The predicted molar refractivity (Wildman–Crippen MR) is 65.5 cm³/mol. The Morgan fingerprint density at radius 3 is 1.50 bits per heavy atom. The quantitative estimate of drug-likeness (QED) is 0.427. The third kappa shape index (κ3) is 8.84. The van der Waals surface area contributed by atoms with Crippen molar-refractivity contribution >= 4 is 17.7 Å². The van der Waals surface area contributed by atoms with Crippen LogP contribution in [0.5, 0.6) is 0 Å². The van der Waals surface area contributed by atoms with Crippen molar-refractivity contribution in [1.29, 1.82) is 0 Å². The van der Waals surface area contributed by atoms with Crippen LogP contribution in [0.25, 0.3) is 0 Å². The SMILES string of the molecule is CC=COC(=O)OC=CC.O=C1C=CC(=O)C=C1. The number of rotatable bonds is 2. The highest BCUT2D eigenvalue weighted by atomic mass is 16.7. The second-order valence-corrected chi connectivity index (χ2v) is 2.90. The molecule has 1 rings (SSSR count). The summed E-state index contributed by atoms with van der Waals surface area (Å²) in [5.41, 5.74) is 0. The number of carbonyl (C=O) groups excluding carboxylic acids is 3. The summed E-state index contributed by atoms with van der Waals surface area (Å²) in [6, 6.07) is 0. The second-order valence-electron chi connectivity index (χ2n) is 2.90. The zero-order valence-corrected chi connectivity index (χ0v) is 10.2. The molecule has 5 heteroatoms. The van der Waals surface area contributed by atoms with Gasteiger partial charge in [-0.25, -0.2) is 4.79 Å². The zero-order valence-electron chi connectivity index (χ0n) is 10.2. The topological polar surface area (TPSA) is 69.7 Å². The molecule has 1 aliphatic carbocycles. The van der Waals surface area contributed by atoms with E-state index in [9.17, 15) is 14.4 Å². The lowest BCUT2D eigenvalue weighted by molar-refractivity contribution is -0.113. The van der Waals surface area contributed by atoms with Crippen LogP contribution in [0.2, 0.25) is 0 Å². The summed E-state index contributed by atoms with van der Waals surface area (Å²) < 4.78 is 8.80. The minimum Gasteiger partial charge on any atom is -0.403 e. The summed E-state index contributed by atoms with van der Waals surface area (Å²) in [6.07, 6.45) is 9.98. The van der Waals surface area contributed by atoms with Crippen LogP contribution in [0.1, 0.15) is 13.8 Å². The van der Waals surface area contributed by atoms with E-state index >= 15 is 0 Å². The maximum atomic E-state index is 10.4. The van der Waals surface area contributed by atoms with Gasteiger partial charge < -0.3 is 9.47 Å². The van der Waals surface area contributed by atoms with Gasteiger partial charge in [-0.3, -0.25) is 9.59 Å². The molecule has 0 bridgehead atoms. The summed E-state index contributed by atoms with van der Waals surface area (Å²) >= 11 is 0. The van der Waals surface area contributed by atoms with Crippen molar-refractivity contribution in [2.75, 3.05) is 0 Å². The summed E-state index contributed by atoms with van der Waals surface area (Å²) in [4.78, 5) is 31.0. The average molecular weight is 250 g/mol. The van der Waals surface area contributed by atoms with Crippen molar-refractivity contribution in [3.63, 3.8) is 0 Å². The molecule has 0 aromatic carbocycles. The molecule has 0 saturated carbocycles. The van der Waals surface area contributed by atoms with Crippen LogP contribution in [0.4, 0.5) is 4.79 Å². The van der Waals surface area contributed by atoms with Crippen LogP contribution in [-0.4, -0.2) is 17.7 Å². The lowest BCUT2D eigenvalue weighted by atomic mass is 10.2. The minimum absolute atomic E-state index is 0.121. The average Bonchev–Trinajstić information content (AvgIpc) is 2.38. The van der Waals surface area contributed by atoms with E-state index in [1.54, 1.807) is 26.0 Å². The van der Waals surface area contributed by atoms with Gasteiger partial charge in [0.2, 0.25) is 0 Å². The number of hydrogen-bond acceptors (Lipinski definition) is 5. The van der Waals surface area contributed by atoms with Gasteiger partial charge in [-0.05, 0) is 38.2 Å². The molecule has 0 fully saturated rings. The molecule has 0 aliphatic heterocycles. The van der Waals surface area contributed by atoms with Gasteiger partial charge in [0.1, 0.15) is 0 Å². The Bertz CT molecular complexity index is 359. The lowest BCUT2D eigenvalue weighted by Crippen LogP contribution is -1.97. The van der Waals surface area contributed by atoms with Crippen molar-refractivity contribution in [3.05, 3.63) is 49.0 Å². The number of allylic oxidation sites excluding steroid dienone is 6. The van der Waals surface area contributed by atoms with Gasteiger partial charge in [0.25, 0.3) is 0 Å². The summed E-state index contributed by atoms with van der Waals surface area (Å²) in [5.74, 6) is -0.241. The molecule has 0 amide bonds. The van der Waals surface area contributed by atoms with Crippen molar-refractivity contribution < 1.29 is 23.9 Å². The summed E-state index contributed by atoms with van der Waals surface area (Å²) in [5, 5.41) is 0. The van der Waals surface area contributed by atoms with E-state index in [1.807, 2.05) is 0 Å². The van der Waals surface area contributed by atoms with E-state index in [0.717, 1.165) is 0 Å². The Balaban J connectivity index is 0.000000327. The standard InChI is InChI=1S/C7H10O3.C6H4O2/c1-3-5-9-7(8)10-6-4-2;7-5-1-2-6(8)4-3-5/h3-6H,1-2H3;1-4H. The molecule has 5 nitrogen and oxygen atoms in total. The maximum absolute atomic E-state index is 10.4. The first-order valence-electron chi connectivity index (χ1n) is 5.13. The Labute approximate surface area is 105 Å². The van der Waals surface area contributed by atoms with Gasteiger partial charge >= 0.3 is 6.16 Å². The van der Waals surface area contributed by atoms with Crippen molar-refractivity contribution in [1.82, 2.24) is 0 Å². The predicted octanol–water partition coefficient (Wildman–Crippen LogP) is 2.46. The Morgan fingerprint density at radius 2 is 1.22 bits per heavy atom. The largest absolute Gasteiger partial charge is 0.518 e. The van der Waals surface area contributed by atoms with Gasteiger partial charge in [-0.2, -0.15) is 0 Å². The first kappa shape index (κ1) is 15.6. The first-order chi connectivity index (χ1) is 8.60. The highest BCUT2D eigenvalue weighted by Crippen LogP contribution is 1.90. The molecule has 0 radical (unpaired) electrons. The molecule has 0 atom stereocenters. The molecule has 0 aromatic heterocycles. The molecule has 0 saturated heterocycles. The molecule has 0 spiro atoms. The van der Waals surface area contributed by atoms with Crippen LogP contribution in [0.15, 0.2) is 49.0 Å². The highest BCUT2D eigenvalue weighted by molar-refractivity contribution is 6.14. The molecule has 96 valence electrons. The second kappa shape index (κ2) is 9.77. The monoisotopic (exact) mass is 250 g/mol. The fraction of sp³-hybridized carbons (Fsp3) is 0.154. The Morgan fingerprint density at radius 1 is 0.889 bits per heavy atom. The molecule has 0 heterocycles. The molecule has 0 aromatic rings. The van der Waals surface area contributed by atoms with Crippen molar-refractivity contribution in [2.45, 2.75) is 13.8 Å². The van der Waals surface area contributed by atoms with Crippen LogP contribution in [-0.2, 0) is 19.1 Å². The Hall–Kier alpha value is -2.43. The third-order valence-electron chi connectivity index (χ3n) is 1.42. The molecule has 18 heavy (non-hydrogen) atoms. The van der Waals surface area contributed by atoms with Crippen LogP contribution in [0, 0.1) is 0 Å². The first-order valence-corrected chi connectivity index (χ1v) is 5.13. The van der Waals surface area contributed by atoms with E-state index in [2.05, 4.69) is 9.47 Å². The number of ketones is 2. The molecule has 1 aliphatic rings. The van der Waals surface area contributed by atoms with Gasteiger partial charge in [-0.15, -0.1) is 0 Å². The van der Waals surface area contributed by atoms with E-state index in [0.29, 0.717) is 0 Å². The summed E-state index contributed by atoms with van der Waals surface area (Å²) in [7, 11) is 0. The maximum Gasteiger partial charge on any atom is 0.518 e. The Kier molecular flexibility index (Phi) is 8.45. The zero-order chi connectivity index (χ0) is 13.8. The van der Waals surface area contributed by atoms with Gasteiger partial charge in [0.15, 0.2) is 11.6 Å². The van der Waals surface area contributed by atoms with E-state index in [-0.39, 0.29) is 11.6 Å². The normalized spacial score (nSPS) is 13.7. The number of carbonyl (C=O) groups is 3. The van der Waals surface area contributed by atoms with Gasteiger partial charge in [-0.1, -0.05) is 12.2 Å². The van der Waals surface area contributed by atoms with E-state index in [4.69, 9.17) is 0 Å². The third-order valence-corrected chi connectivity index (χ3v) is 1.42. The number of hydrogen-bond donors (Lipinski definition) is 0. The number of ether oxygens (including phenoxy) is 2. The van der Waals surface area contributed by atoms with E-state index < -0.39 is 6.16 Å². The van der Waals surface area contributed by atoms with Crippen LogP contribution in [0.3, 0.4) is 0 Å². The lowest BCUT2D eigenvalue weighted by Gasteiger charge is -1.93. The smallest absolute Gasteiger partial charge is 0.403 e. The minimum atomic E-state index is -0.726.